The number of hydrogen-bond donors (Lipinski definition) is 1. The standard InChI is InChI=1S/C14H15NO2/c1-11-6-5-7-12(10-11)15-14(16)17-13-8-3-2-4-9-13/h3,5-10H,2,4H2,1H3,(H,15,16). The number of rotatable bonds is 2. The second-order valence-electron chi connectivity index (χ2n) is 3.97. The molecule has 1 aliphatic rings. The van der Waals surface area contributed by atoms with Gasteiger partial charge in [0.2, 0.25) is 0 Å². The molecule has 1 amide bonds. The Morgan fingerprint density at radius 3 is 2.94 bits per heavy atom. The summed E-state index contributed by atoms with van der Waals surface area (Å²) < 4.78 is 5.16. The molecule has 1 N–H and O–H groups in total. The Kier molecular flexibility index (Phi) is 3.60. The molecule has 0 aliphatic heterocycles. The highest BCUT2D eigenvalue weighted by Crippen LogP contribution is 2.13. The zero-order chi connectivity index (χ0) is 12.1. The molecule has 0 bridgehead atoms. The maximum absolute atomic E-state index is 11.6. The van der Waals surface area contributed by atoms with E-state index in [4.69, 9.17) is 4.74 Å². The molecule has 0 heterocycles. The van der Waals surface area contributed by atoms with E-state index < -0.39 is 6.09 Å². The monoisotopic (exact) mass is 229 g/mol. The van der Waals surface area contributed by atoms with Crippen LogP contribution in [0.5, 0.6) is 0 Å². The fraction of sp³-hybridized carbons (Fsp3) is 0.214. The summed E-state index contributed by atoms with van der Waals surface area (Å²) in [5.41, 5.74) is 1.84. The number of amides is 1. The van der Waals surface area contributed by atoms with Gasteiger partial charge in [-0.25, -0.2) is 4.79 Å². The van der Waals surface area contributed by atoms with Gasteiger partial charge in [0.05, 0.1) is 0 Å². The molecule has 0 spiro atoms. The van der Waals surface area contributed by atoms with Crippen molar-refractivity contribution in [2.24, 2.45) is 0 Å². The van der Waals surface area contributed by atoms with Gasteiger partial charge in [-0.15, -0.1) is 0 Å². The number of allylic oxidation sites excluding steroid dienone is 3. The van der Waals surface area contributed by atoms with Crippen LogP contribution >= 0.6 is 0 Å². The van der Waals surface area contributed by atoms with Gasteiger partial charge in [-0.1, -0.05) is 18.2 Å². The van der Waals surface area contributed by atoms with Gasteiger partial charge in [-0.2, -0.15) is 0 Å². The summed E-state index contributed by atoms with van der Waals surface area (Å²) in [6, 6.07) is 7.60. The first kappa shape index (κ1) is 11.5. The fourth-order valence-electron chi connectivity index (χ4n) is 1.64. The van der Waals surface area contributed by atoms with E-state index in [9.17, 15) is 4.79 Å². The van der Waals surface area contributed by atoms with E-state index in [1.165, 1.54) is 0 Å². The molecule has 3 heteroatoms. The summed E-state index contributed by atoms with van der Waals surface area (Å²) in [6.45, 7) is 1.98. The van der Waals surface area contributed by atoms with Crippen molar-refractivity contribution in [1.29, 1.82) is 0 Å². The number of aryl methyl sites for hydroxylation is 1. The van der Waals surface area contributed by atoms with E-state index in [1.807, 2.05) is 49.4 Å². The van der Waals surface area contributed by atoms with Crippen LogP contribution in [0.4, 0.5) is 10.5 Å². The fourth-order valence-corrected chi connectivity index (χ4v) is 1.64. The molecule has 88 valence electrons. The van der Waals surface area contributed by atoms with Crippen molar-refractivity contribution in [2.45, 2.75) is 19.8 Å². The number of carbonyl (C=O) groups excluding carboxylic acids is 1. The summed E-state index contributed by atoms with van der Waals surface area (Å²) in [6.07, 6.45) is 7.20. The topological polar surface area (TPSA) is 38.3 Å². The van der Waals surface area contributed by atoms with Crippen molar-refractivity contribution >= 4 is 11.8 Å². The minimum Gasteiger partial charge on any atom is -0.410 e. The van der Waals surface area contributed by atoms with Gasteiger partial charge in [0.15, 0.2) is 0 Å². The summed E-state index contributed by atoms with van der Waals surface area (Å²) in [5, 5.41) is 2.69. The lowest BCUT2D eigenvalue weighted by Gasteiger charge is -2.09. The van der Waals surface area contributed by atoms with E-state index in [-0.39, 0.29) is 0 Å². The van der Waals surface area contributed by atoms with Crippen molar-refractivity contribution in [3.63, 3.8) is 0 Å². The van der Waals surface area contributed by atoms with Crippen LogP contribution in [0.3, 0.4) is 0 Å². The van der Waals surface area contributed by atoms with Gasteiger partial charge in [0.25, 0.3) is 0 Å². The average molecular weight is 229 g/mol. The van der Waals surface area contributed by atoms with Crippen molar-refractivity contribution in [1.82, 2.24) is 0 Å². The first-order valence-electron chi connectivity index (χ1n) is 5.66. The highest BCUT2D eigenvalue weighted by molar-refractivity contribution is 5.85. The lowest BCUT2D eigenvalue weighted by molar-refractivity contribution is 0.194. The number of anilines is 1. The molecule has 0 aromatic heterocycles. The van der Waals surface area contributed by atoms with Crippen molar-refractivity contribution < 1.29 is 9.53 Å². The molecule has 1 aromatic rings. The molecule has 2 rings (SSSR count). The summed E-state index contributed by atoms with van der Waals surface area (Å²) in [7, 11) is 0. The molecule has 0 unspecified atom stereocenters. The normalized spacial score (nSPS) is 14.1. The highest BCUT2D eigenvalue weighted by Gasteiger charge is 2.06. The van der Waals surface area contributed by atoms with Gasteiger partial charge in [0.1, 0.15) is 5.76 Å². The van der Waals surface area contributed by atoms with Crippen LogP contribution in [0.25, 0.3) is 0 Å². The van der Waals surface area contributed by atoms with Gasteiger partial charge >= 0.3 is 6.09 Å². The van der Waals surface area contributed by atoms with E-state index >= 15 is 0 Å². The second-order valence-corrected chi connectivity index (χ2v) is 3.97. The Balaban J connectivity index is 1.93. The quantitative estimate of drug-likeness (QED) is 0.838. The van der Waals surface area contributed by atoms with Gasteiger partial charge in [0, 0.05) is 5.69 Å². The molecule has 1 aliphatic carbocycles. The van der Waals surface area contributed by atoms with Gasteiger partial charge in [-0.3, -0.25) is 5.32 Å². The maximum atomic E-state index is 11.6. The third kappa shape index (κ3) is 3.48. The van der Waals surface area contributed by atoms with Crippen molar-refractivity contribution in [3.8, 4) is 0 Å². The Labute approximate surface area is 101 Å². The molecule has 0 radical (unpaired) electrons. The lowest BCUT2D eigenvalue weighted by atomic mass is 10.2. The zero-order valence-electron chi connectivity index (χ0n) is 9.77. The minimum absolute atomic E-state index is 0.451. The first-order valence-corrected chi connectivity index (χ1v) is 5.66. The number of ether oxygens (including phenoxy) is 1. The molecule has 0 saturated carbocycles. The number of hydrogen-bond acceptors (Lipinski definition) is 2. The SMILES string of the molecule is Cc1cccc(NC(=O)OC2=CCCC=C2)c1. The molecular formula is C14H15NO2. The Hall–Kier alpha value is -2.03. The molecule has 0 fully saturated rings. The molecule has 1 aromatic carbocycles. The third-order valence-electron chi connectivity index (χ3n) is 2.44. The highest BCUT2D eigenvalue weighted by atomic mass is 16.6. The molecule has 3 nitrogen and oxygen atoms in total. The van der Waals surface area contributed by atoms with Crippen LogP contribution in [0.15, 0.2) is 48.3 Å². The average Bonchev–Trinajstić information content (AvgIpc) is 2.30. The largest absolute Gasteiger partial charge is 0.417 e. The molecular weight excluding hydrogens is 214 g/mol. The van der Waals surface area contributed by atoms with Crippen molar-refractivity contribution in [2.75, 3.05) is 5.32 Å². The summed E-state index contributed by atoms with van der Waals surface area (Å²) in [4.78, 5) is 11.6. The lowest BCUT2D eigenvalue weighted by Crippen LogP contribution is -2.13. The third-order valence-corrected chi connectivity index (χ3v) is 2.44. The number of carbonyl (C=O) groups is 1. The first-order chi connectivity index (χ1) is 8.24. The Morgan fingerprint density at radius 1 is 1.35 bits per heavy atom. The summed E-state index contributed by atoms with van der Waals surface area (Å²) in [5.74, 6) is 0.612. The zero-order valence-corrected chi connectivity index (χ0v) is 9.77. The van der Waals surface area contributed by atoms with Crippen LogP contribution < -0.4 is 5.32 Å². The molecule has 0 atom stereocenters. The number of nitrogens with one attached hydrogen (secondary N) is 1. The smallest absolute Gasteiger partial charge is 0.410 e. The van der Waals surface area contributed by atoms with Crippen LogP contribution in [0.1, 0.15) is 18.4 Å². The van der Waals surface area contributed by atoms with Gasteiger partial charge in [-0.05, 0) is 49.6 Å². The van der Waals surface area contributed by atoms with Crippen LogP contribution in [0.2, 0.25) is 0 Å². The Bertz CT molecular complexity index is 475. The summed E-state index contributed by atoms with van der Waals surface area (Å²) >= 11 is 0. The predicted octanol–water partition coefficient (Wildman–Crippen LogP) is 3.78. The molecule has 0 saturated heterocycles. The van der Waals surface area contributed by atoms with Crippen LogP contribution in [-0.2, 0) is 4.74 Å². The second kappa shape index (κ2) is 5.34. The Morgan fingerprint density at radius 2 is 2.24 bits per heavy atom. The van der Waals surface area contributed by atoms with E-state index in [1.54, 1.807) is 0 Å². The molecule has 17 heavy (non-hydrogen) atoms. The van der Waals surface area contributed by atoms with E-state index in [0.717, 1.165) is 24.1 Å². The van der Waals surface area contributed by atoms with E-state index in [2.05, 4.69) is 5.32 Å². The van der Waals surface area contributed by atoms with Crippen LogP contribution in [0, 0.1) is 6.92 Å². The van der Waals surface area contributed by atoms with Gasteiger partial charge < -0.3 is 4.74 Å². The number of benzene rings is 1. The maximum Gasteiger partial charge on any atom is 0.417 e. The van der Waals surface area contributed by atoms with E-state index in [0.29, 0.717) is 5.76 Å². The van der Waals surface area contributed by atoms with Crippen molar-refractivity contribution in [3.05, 3.63) is 53.8 Å². The van der Waals surface area contributed by atoms with Crippen LogP contribution in [-0.4, -0.2) is 6.09 Å². The minimum atomic E-state index is -0.451. The predicted molar refractivity (Wildman–Crippen MR) is 67.7 cm³/mol.